The van der Waals surface area contributed by atoms with Crippen molar-refractivity contribution in [2.45, 2.75) is 122 Å². The van der Waals surface area contributed by atoms with E-state index >= 15 is 0 Å². The number of aldehydes is 1. The lowest BCUT2D eigenvalue weighted by Gasteiger charge is -2.23. The maximum atomic E-state index is 14.0. The Hall–Kier alpha value is -6.23. The Morgan fingerprint density at radius 1 is 0.636 bits per heavy atom. The molecular formula is C50H58N6O8S2. The summed E-state index contributed by atoms with van der Waals surface area (Å²) in [5.74, 6) is -1.69. The summed E-state index contributed by atoms with van der Waals surface area (Å²) in [5, 5.41) is 19.3. The van der Waals surface area contributed by atoms with Gasteiger partial charge < -0.3 is 5.11 Å². The molecule has 4 aromatic carbocycles. The quantitative estimate of drug-likeness (QED) is 0.0819. The van der Waals surface area contributed by atoms with Crippen molar-refractivity contribution in [3.8, 4) is 0 Å². The third-order valence-corrected chi connectivity index (χ3v) is 14.5. The molecule has 14 nitrogen and oxygen atoms in total. The van der Waals surface area contributed by atoms with Gasteiger partial charge in [0.1, 0.15) is 17.7 Å². The molecule has 348 valence electrons. The molecule has 66 heavy (non-hydrogen) atoms. The number of hydrogen-bond donors (Lipinski definition) is 3. The van der Waals surface area contributed by atoms with Crippen molar-refractivity contribution in [1.29, 1.82) is 0 Å². The molecular weight excluding hydrogens is 877 g/mol. The zero-order chi connectivity index (χ0) is 48.5. The van der Waals surface area contributed by atoms with E-state index < -0.39 is 42.7 Å². The Kier molecular flexibility index (Phi) is 14.1. The topological polar surface area (TPSA) is 199 Å². The molecule has 0 saturated carbocycles. The van der Waals surface area contributed by atoms with Crippen molar-refractivity contribution in [2.24, 2.45) is 0 Å². The molecule has 6 aromatic rings. The van der Waals surface area contributed by atoms with Crippen LogP contribution in [0.15, 0.2) is 94.7 Å². The minimum atomic E-state index is -4.32. The number of carbonyl (C=O) groups is 3. The van der Waals surface area contributed by atoms with Crippen molar-refractivity contribution in [3.63, 3.8) is 0 Å². The van der Waals surface area contributed by atoms with E-state index in [1.54, 1.807) is 22.9 Å². The van der Waals surface area contributed by atoms with Crippen LogP contribution in [0.4, 0.5) is 0 Å². The molecule has 0 unspecified atom stereocenters. The fraction of sp³-hybridized carbons (Fsp3) is 0.340. The molecule has 0 bridgehead atoms. The van der Waals surface area contributed by atoms with Crippen LogP contribution in [-0.4, -0.2) is 59.6 Å². The van der Waals surface area contributed by atoms with Crippen LogP contribution < -0.4 is 9.44 Å². The Morgan fingerprint density at radius 2 is 1.11 bits per heavy atom. The van der Waals surface area contributed by atoms with Crippen LogP contribution in [0.2, 0.25) is 0 Å². The van der Waals surface area contributed by atoms with E-state index in [2.05, 4.69) is 33.7 Å². The second-order valence-electron chi connectivity index (χ2n) is 18.7. The van der Waals surface area contributed by atoms with Gasteiger partial charge in [-0.05, 0) is 128 Å². The first-order valence-electron chi connectivity index (χ1n) is 21.5. The Bertz CT molecular complexity index is 3040. The maximum absolute atomic E-state index is 14.0. The third kappa shape index (κ3) is 11.1. The number of aliphatic hydroxyl groups excluding tert-OH is 1. The summed E-state index contributed by atoms with van der Waals surface area (Å²) < 4.78 is 60.9. The zero-order valence-corrected chi connectivity index (χ0v) is 40.7. The van der Waals surface area contributed by atoms with Crippen molar-refractivity contribution in [2.75, 3.05) is 0 Å². The normalized spacial score (nSPS) is 12.3. The number of benzene rings is 4. The predicted molar refractivity (Wildman–Crippen MR) is 253 cm³/mol. The van der Waals surface area contributed by atoms with Gasteiger partial charge in [-0.25, -0.2) is 26.3 Å². The number of sulfonamides is 2. The molecule has 0 fully saturated rings. The summed E-state index contributed by atoms with van der Waals surface area (Å²) in [6.07, 6.45) is 1.77. The standard InChI is InChI=1S/C50H58N6O8S2/c1-31-19-32(2)41(33(3)20-31)27-56-44(48(60)54-66(63,64)40-16-12-14-38(24-40)30-58)26-46(52-56)50(9,10)18-17-36-21-34(4)42(35(5)22-36)28-55-43(25-45(51-55)49(6,7)8)47(59)53-65(61,62)39-15-11-13-37(23-39)29-57/h11-16,19-26,29,58H,17-18,27-28,30H2,1-10H3,(H,53,59)(H,54,60). The average Bonchev–Trinajstić information content (AvgIpc) is 3.89. The summed E-state index contributed by atoms with van der Waals surface area (Å²) >= 11 is 0. The molecule has 0 aliphatic rings. The first kappa shape index (κ1) is 49.2. The highest BCUT2D eigenvalue weighted by molar-refractivity contribution is 7.90. The van der Waals surface area contributed by atoms with E-state index in [9.17, 15) is 36.3 Å². The smallest absolute Gasteiger partial charge is 0.283 e. The molecule has 16 heteroatoms. The fourth-order valence-corrected chi connectivity index (χ4v) is 10.0. The van der Waals surface area contributed by atoms with Crippen molar-refractivity contribution < 1.29 is 36.3 Å². The van der Waals surface area contributed by atoms with Gasteiger partial charge in [-0.3, -0.25) is 23.7 Å². The summed E-state index contributed by atoms with van der Waals surface area (Å²) in [4.78, 5) is 38.6. The maximum Gasteiger partial charge on any atom is 0.283 e. The van der Waals surface area contributed by atoms with Gasteiger partial charge in [0, 0.05) is 16.4 Å². The van der Waals surface area contributed by atoms with Crippen LogP contribution >= 0.6 is 0 Å². The Morgan fingerprint density at radius 3 is 1.61 bits per heavy atom. The van der Waals surface area contributed by atoms with Crippen LogP contribution in [0.25, 0.3) is 0 Å². The molecule has 3 N–H and O–H groups in total. The second-order valence-corrected chi connectivity index (χ2v) is 22.1. The van der Waals surface area contributed by atoms with Gasteiger partial charge >= 0.3 is 0 Å². The second kappa shape index (κ2) is 18.9. The van der Waals surface area contributed by atoms with Crippen molar-refractivity contribution in [1.82, 2.24) is 29.0 Å². The number of aliphatic hydroxyl groups is 1. The Labute approximate surface area is 387 Å². The van der Waals surface area contributed by atoms with Gasteiger partial charge in [-0.15, -0.1) is 0 Å². The van der Waals surface area contributed by atoms with E-state index in [4.69, 9.17) is 10.2 Å². The minimum Gasteiger partial charge on any atom is -0.392 e. The monoisotopic (exact) mass is 934 g/mol. The molecule has 2 aromatic heterocycles. The van der Waals surface area contributed by atoms with Crippen LogP contribution in [-0.2, 0) is 57.0 Å². The van der Waals surface area contributed by atoms with Crippen LogP contribution in [0.1, 0.15) is 134 Å². The van der Waals surface area contributed by atoms with E-state index in [1.807, 2.05) is 69.2 Å². The SMILES string of the molecule is Cc1cc(C)c(Cn2nc(C(C)(C)CCc3cc(C)c(Cn4nc(C(C)(C)C)cc4C(=O)NS(=O)(=O)c4cccc(C=O)c4)c(C)c3)cc2C(=O)NS(=O)(=O)c2cccc(CO)c2)c(C)c1. The number of rotatable bonds is 16. The largest absolute Gasteiger partial charge is 0.392 e. The van der Waals surface area contributed by atoms with Gasteiger partial charge in [0.15, 0.2) is 0 Å². The van der Waals surface area contributed by atoms with Crippen molar-refractivity contribution >= 4 is 38.1 Å². The lowest BCUT2D eigenvalue weighted by Crippen LogP contribution is -2.32. The van der Waals surface area contributed by atoms with Crippen LogP contribution in [0, 0.1) is 34.6 Å². The van der Waals surface area contributed by atoms with Gasteiger partial charge in [-0.2, -0.15) is 10.2 Å². The molecule has 0 aliphatic heterocycles. The molecule has 0 saturated heterocycles. The minimum absolute atomic E-state index is 0.0633. The highest BCUT2D eigenvalue weighted by atomic mass is 32.2. The van der Waals surface area contributed by atoms with Gasteiger partial charge in [0.05, 0.1) is 40.9 Å². The lowest BCUT2D eigenvalue weighted by molar-refractivity contribution is 0.0962. The number of aryl methyl sites for hydroxylation is 6. The number of nitrogens with zero attached hydrogens (tertiary/aromatic N) is 4. The predicted octanol–water partition coefficient (Wildman–Crippen LogP) is 7.47. The third-order valence-electron chi connectivity index (χ3n) is 11.9. The summed E-state index contributed by atoms with van der Waals surface area (Å²) in [7, 11) is -8.62. The highest BCUT2D eigenvalue weighted by Gasteiger charge is 2.31. The van der Waals surface area contributed by atoms with E-state index in [-0.39, 0.29) is 46.4 Å². The number of amides is 2. The molecule has 2 heterocycles. The molecule has 0 aliphatic carbocycles. The highest BCUT2D eigenvalue weighted by Crippen LogP contribution is 2.31. The van der Waals surface area contributed by atoms with Gasteiger partial charge in [-0.1, -0.05) is 88.7 Å². The summed E-state index contributed by atoms with van der Waals surface area (Å²) in [6.45, 7) is 20.0. The summed E-state index contributed by atoms with van der Waals surface area (Å²) in [6, 6.07) is 22.7. The molecule has 0 radical (unpaired) electrons. The number of carbonyl (C=O) groups excluding carboxylic acids is 3. The summed E-state index contributed by atoms with van der Waals surface area (Å²) in [5.41, 5.74) is 8.81. The zero-order valence-electron chi connectivity index (χ0n) is 39.1. The molecule has 0 atom stereocenters. The van der Waals surface area contributed by atoms with E-state index in [0.29, 0.717) is 36.1 Å². The van der Waals surface area contributed by atoms with Crippen LogP contribution in [0.3, 0.4) is 0 Å². The Balaban J connectivity index is 1.26. The number of hydrogen-bond acceptors (Lipinski definition) is 10. The number of nitrogens with one attached hydrogen (secondary N) is 2. The average molecular weight is 935 g/mol. The number of aromatic nitrogens is 4. The van der Waals surface area contributed by atoms with E-state index in [0.717, 1.165) is 44.5 Å². The van der Waals surface area contributed by atoms with Gasteiger partial charge in [0.25, 0.3) is 31.9 Å². The van der Waals surface area contributed by atoms with Crippen LogP contribution in [0.5, 0.6) is 0 Å². The first-order chi connectivity index (χ1) is 30.8. The molecule has 6 rings (SSSR count). The van der Waals surface area contributed by atoms with Crippen molar-refractivity contribution in [3.05, 3.63) is 163 Å². The van der Waals surface area contributed by atoms with E-state index in [1.165, 1.54) is 47.1 Å². The fourth-order valence-electron chi connectivity index (χ4n) is 7.99. The molecule has 2 amide bonds. The van der Waals surface area contributed by atoms with Gasteiger partial charge in [0.2, 0.25) is 0 Å². The molecule has 0 spiro atoms. The lowest BCUT2D eigenvalue weighted by atomic mass is 9.82. The first-order valence-corrected chi connectivity index (χ1v) is 24.5.